The quantitative estimate of drug-likeness (QED) is 0.555. The van der Waals surface area contributed by atoms with Crippen molar-refractivity contribution in [3.8, 4) is 17.3 Å². The number of carbonyl (C=O) groups excluding carboxylic acids is 1. The summed E-state index contributed by atoms with van der Waals surface area (Å²) < 4.78 is 11.5. The fourth-order valence-corrected chi connectivity index (χ4v) is 4.79. The molecule has 35 heavy (non-hydrogen) atoms. The molecule has 2 fully saturated rings. The zero-order valence-corrected chi connectivity index (χ0v) is 20.7. The average Bonchev–Trinajstić information content (AvgIpc) is 3.24. The zero-order chi connectivity index (χ0) is 24.6. The minimum absolute atomic E-state index is 0.0795. The molecule has 186 valence electrons. The Morgan fingerprint density at radius 3 is 2.49 bits per heavy atom. The molecule has 0 spiro atoms. The molecule has 0 atom stereocenters. The number of H-pyrrole nitrogens is 1. The number of morpholine rings is 1. The number of pyridine rings is 1. The fourth-order valence-electron chi connectivity index (χ4n) is 4.53. The van der Waals surface area contributed by atoms with Gasteiger partial charge in [-0.15, -0.1) is 0 Å². The highest BCUT2D eigenvalue weighted by atomic mass is 35.5. The van der Waals surface area contributed by atoms with Crippen LogP contribution in [0.5, 0.6) is 6.01 Å². The second-order valence-corrected chi connectivity index (χ2v) is 9.95. The van der Waals surface area contributed by atoms with Gasteiger partial charge in [-0.3, -0.25) is 4.79 Å². The highest BCUT2D eigenvalue weighted by molar-refractivity contribution is 6.33. The zero-order valence-electron chi connectivity index (χ0n) is 20.0. The highest BCUT2D eigenvalue weighted by Crippen LogP contribution is 2.31. The number of hydrogen-bond donors (Lipinski definition) is 2. The molecule has 1 aromatic carbocycles. The molecule has 0 radical (unpaired) electrons. The van der Waals surface area contributed by atoms with Crippen LogP contribution < -0.4 is 9.64 Å². The van der Waals surface area contributed by atoms with Gasteiger partial charge in [0.05, 0.1) is 29.4 Å². The highest BCUT2D eigenvalue weighted by Gasteiger charge is 2.32. The molecule has 2 N–H and O–H groups in total. The molecule has 0 bridgehead atoms. The Labute approximate surface area is 209 Å². The van der Waals surface area contributed by atoms with E-state index in [-0.39, 0.29) is 12.0 Å². The van der Waals surface area contributed by atoms with E-state index in [2.05, 4.69) is 27.0 Å². The Morgan fingerprint density at radius 2 is 1.83 bits per heavy atom. The minimum atomic E-state index is -1.36. The molecule has 2 saturated heterocycles. The maximum atomic E-state index is 12.3. The maximum absolute atomic E-state index is 12.3. The molecule has 5 rings (SSSR count). The van der Waals surface area contributed by atoms with Crippen molar-refractivity contribution in [2.24, 2.45) is 0 Å². The van der Waals surface area contributed by atoms with E-state index in [9.17, 15) is 9.90 Å². The monoisotopic (exact) mass is 499 g/mol. The van der Waals surface area contributed by atoms with Gasteiger partial charge >= 0.3 is 0 Å². The van der Waals surface area contributed by atoms with Crippen LogP contribution in [0.2, 0.25) is 5.02 Å². The van der Waals surface area contributed by atoms with Gasteiger partial charge in [-0.2, -0.15) is 4.98 Å². The Kier molecular flexibility index (Phi) is 6.57. The number of aromatic amines is 1. The summed E-state index contributed by atoms with van der Waals surface area (Å²) >= 11 is 6.57. The van der Waals surface area contributed by atoms with E-state index < -0.39 is 5.60 Å². The summed E-state index contributed by atoms with van der Waals surface area (Å²) in [5.74, 6) is -0.260. The van der Waals surface area contributed by atoms with Crippen LogP contribution in [0.25, 0.3) is 22.4 Å². The fraction of sp³-hybridized carbons (Fsp3) is 0.480. The first-order chi connectivity index (χ1) is 16.8. The molecular weight excluding hydrogens is 470 g/mol. The van der Waals surface area contributed by atoms with Crippen molar-refractivity contribution in [2.45, 2.75) is 38.4 Å². The molecule has 4 heterocycles. The molecule has 3 aromatic rings. The number of aliphatic hydroxyl groups is 1. The maximum Gasteiger partial charge on any atom is 0.296 e. The second-order valence-electron chi connectivity index (χ2n) is 9.55. The molecule has 0 unspecified atom stereocenters. The number of nitrogens with zero attached hydrogens (tertiary/aromatic N) is 4. The van der Waals surface area contributed by atoms with Gasteiger partial charge in [0.2, 0.25) is 0 Å². The molecule has 0 aliphatic carbocycles. The first kappa shape index (κ1) is 23.8. The summed E-state index contributed by atoms with van der Waals surface area (Å²) in [5.41, 5.74) is 2.62. The summed E-state index contributed by atoms with van der Waals surface area (Å²) in [5, 5.41) is 10.5. The van der Waals surface area contributed by atoms with Gasteiger partial charge in [0.1, 0.15) is 11.7 Å². The number of ether oxygens (including phenoxy) is 2. The molecule has 0 saturated carbocycles. The number of piperidine rings is 1. The van der Waals surface area contributed by atoms with Crippen LogP contribution in [-0.2, 0) is 9.53 Å². The SMILES string of the molecule is CC(C)(O)C(=O)N1CCC(Oc2nc3nc(-c4ccc(N5CCOCC5)cc4)c(Cl)cc3[nH]2)CC1. The normalized spacial score (nSPS) is 17.7. The standard InChI is InChI=1S/C25H30ClN5O4/c1-25(2,33)23(32)31-9-7-18(8-10-31)35-24-27-20-15-19(26)21(28-22(20)29-24)16-3-5-17(6-4-16)30-11-13-34-14-12-30/h3-6,15,18,33H,7-14H2,1-2H3,(H,27,28,29). The molecule has 9 nitrogen and oxygen atoms in total. The van der Waals surface area contributed by atoms with Gasteiger partial charge in [-0.1, -0.05) is 23.7 Å². The molecule has 10 heteroatoms. The number of anilines is 1. The van der Waals surface area contributed by atoms with E-state index in [1.54, 1.807) is 4.90 Å². The number of fused-ring (bicyclic) bond motifs is 1. The lowest BCUT2D eigenvalue weighted by Crippen LogP contribution is -2.49. The first-order valence-corrected chi connectivity index (χ1v) is 12.3. The van der Waals surface area contributed by atoms with Crippen LogP contribution in [-0.4, -0.2) is 82.0 Å². The van der Waals surface area contributed by atoms with Crippen LogP contribution in [0, 0.1) is 0 Å². The van der Waals surface area contributed by atoms with E-state index in [4.69, 9.17) is 26.1 Å². The Balaban J connectivity index is 1.27. The molecule has 1 amide bonds. The van der Waals surface area contributed by atoms with E-state index in [1.807, 2.05) is 18.2 Å². The molecule has 2 aliphatic heterocycles. The smallest absolute Gasteiger partial charge is 0.296 e. The van der Waals surface area contributed by atoms with Crippen LogP contribution >= 0.6 is 11.6 Å². The van der Waals surface area contributed by atoms with Gasteiger partial charge < -0.3 is 29.4 Å². The number of halogens is 1. The third-order valence-corrected chi connectivity index (χ3v) is 6.74. The van der Waals surface area contributed by atoms with Crippen molar-refractivity contribution in [3.05, 3.63) is 35.4 Å². The van der Waals surface area contributed by atoms with E-state index >= 15 is 0 Å². The first-order valence-electron chi connectivity index (χ1n) is 12.0. The third-order valence-electron chi connectivity index (χ3n) is 6.45. The number of benzene rings is 1. The number of likely N-dealkylation sites (tertiary alicyclic amines) is 1. The van der Waals surface area contributed by atoms with Gasteiger partial charge in [-0.25, -0.2) is 4.98 Å². The minimum Gasteiger partial charge on any atom is -0.461 e. The van der Waals surface area contributed by atoms with Gasteiger partial charge in [0, 0.05) is 50.3 Å². The molecule has 2 aliphatic rings. The number of hydrogen-bond acceptors (Lipinski definition) is 7. The van der Waals surface area contributed by atoms with Crippen LogP contribution in [0.4, 0.5) is 5.69 Å². The van der Waals surface area contributed by atoms with Gasteiger partial charge in [0.15, 0.2) is 5.65 Å². The summed E-state index contributed by atoms with van der Waals surface area (Å²) in [7, 11) is 0. The lowest BCUT2D eigenvalue weighted by atomic mass is 10.0. The molecule has 2 aromatic heterocycles. The van der Waals surface area contributed by atoms with Gasteiger partial charge in [0.25, 0.3) is 11.9 Å². The predicted molar refractivity (Wildman–Crippen MR) is 134 cm³/mol. The van der Waals surface area contributed by atoms with Crippen molar-refractivity contribution in [1.82, 2.24) is 19.9 Å². The Hall–Kier alpha value is -2.88. The van der Waals surface area contributed by atoms with Crippen molar-refractivity contribution < 1.29 is 19.4 Å². The van der Waals surface area contributed by atoms with Crippen LogP contribution in [0.1, 0.15) is 26.7 Å². The van der Waals surface area contributed by atoms with Crippen molar-refractivity contribution in [2.75, 3.05) is 44.3 Å². The van der Waals surface area contributed by atoms with Crippen molar-refractivity contribution in [1.29, 1.82) is 0 Å². The average molecular weight is 500 g/mol. The summed E-state index contributed by atoms with van der Waals surface area (Å²) in [4.78, 5) is 28.6. The van der Waals surface area contributed by atoms with Crippen molar-refractivity contribution in [3.63, 3.8) is 0 Å². The lowest BCUT2D eigenvalue weighted by molar-refractivity contribution is -0.149. The number of carbonyl (C=O) groups is 1. The van der Waals surface area contributed by atoms with Gasteiger partial charge in [-0.05, 0) is 32.0 Å². The van der Waals surface area contributed by atoms with Crippen LogP contribution in [0.15, 0.2) is 30.3 Å². The summed E-state index contributed by atoms with van der Waals surface area (Å²) in [6, 6.07) is 10.4. The Bertz CT molecular complexity index is 1190. The second kappa shape index (κ2) is 9.64. The number of imidazole rings is 1. The summed E-state index contributed by atoms with van der Waals surface area (Å²) in [6.45, 7) is 7.34. The topological polar surface area (TPSA) is 104 Å². The summed E-state index contributed by atoms with van der Waals surface area (Å²) in [6.07, 6.45) is 1.24. The Morgan fingerprint density at radius 1 is 1.14 bits per heavy atom. The largest absolute Gasteiger partial charge is 0.461 e. The van der Waals surface area contributed by atoms with E-state index in [1.165, 1.54) is 13.8 Å². The van der Waals surface area contributed by atoms with Crippen molar-refractivity contribution >= 4 is 34.4 Å². The third kappa shape index (κ3) is 5.22. The number of rotatable bonds is 5. The lowest BCUT2D eigenvalue weighted by Gasteiger charge is -2.34. The number of nitrogens with one attached hydrogen (secondary N) is 1. The number of amides is 1. The van der Waals surface area contributed by atoms with E-state index in [0.717, 1.165) is 37.6 Å². The molecular formula is C25H30ClN5O4. The van der Waals surface area contributed by atoms with Crippen LogP contribution in [0.3, 0.4) is 0 Å². The predicted octanol–water partition coefficient (Wildman–Crippen LogP) is 3.26. The number of aromatic nitrogens is 3. The van der Waals surface area contributed by atoms with E-state index in [0.29, 0.717) is 53.8 Å².